The first kappa shape index (κ1) is 17.7. The molecule has 1 heterocycles. The number of carbonyl (C=O) groups excluding carboxylic acids is 1. The van der Waals surface area contributed by atoms with E-state index in [0.717, 1.165) is 30.8 Å². The third-order valence-corrected chi connectivity index (χ3v) is 3.65. The third kappa shape index (κ3) is 6.56. The minimum atomic E-state index is -0.247. The van der Waals surface area contributed by atoms with Crippen molar-refractivity contribution in [2.45, 2.75) is 19.0 Å². The van der Waals surface area contributed by atoms with Gasteiger partial charge in [0.2, 0.25) is 5.91 Å². The van der Waals surface area contributed by atoms with E-state index in [1.807, 2.05) is 24.3 Å². The summed E-state index contributed by atoms with van der Waals surface area (Å²) in [5.74, 6) is 0.842. The largest absolute Gasteiger partial charge is 0.494 e. The predicted octanol–water partition coefficient (Wildman–Crippen LogP) is 0.622. The maximum absolute atomic E-state index is 12.0. The fourth-order valence-corrected chi connectivity index (χ4v) is 2.32. The van der Waals surface area contributed by atoms with Crippen LogP contribution in [0.3, 0.4) is 0 Å². The first-order valence-electron chi connectivity index (χ1n) is 8.10. The van der Waals surface area contributed by atoms with Gasteiger partial charge in [0.15, 0.2) is 0 Å². The molecule has 1 amide bonds. The van der Waals surface area contributed by atoms with E-state index in [4.69, 9.17) is 9.47 Å². The molecule has 2 N–H and O–H groups in total. The van der Waals surface area contributed by atoms with Crippen molar-refractivity contribution in [2.24, 2.45) is 0 Å². The SMILES string of the molecule is CN(C)CCCOc1ccc(CNC(=O)C2COCCN2)cc1. The van der Waals surface area contributed by atoms with Crippen molar-refractivity contribution in [3.05, 3.63) is 29.8 Å². The second-order valence-corrected chi connectivity index (χ2v) is 5.95. The van der Waals surface area contributed by atoms with Gasteiger partial charge in [0.25, 0.3) is 0 Å². The predicted molar refractivity (Wildman–Crippen MR) is 89.6 cm³/mol. The zero-order valence-electron chi connectivity index (χ0n) is 14.0. The summed E-state index contributed by atoms with van der Waals surface area (Å²) in [7, 11) is 4.11. The Morgan fingerprint density at radius 1 is 1.39 bits per heavy atom. The Bertz CT molecular complexity index is 470. The van der Waals surface area contributed by atoms with Gasteiger partial charge >= 0.3 is 0 Å². The Kier molecular flexibility index (Phi) is 7.32. The average Bonchev–Trinajstić information content (AvgIpc) is 2.58. The van der Waals surface area contributed by atoms with Crippen LogP contribution in [-0.4, -0.2) is 63.9 Å². The van der Waals surface area contributed by atoms with E-state index in [1.165, 1.54) is 0 Å². The van der Waals surface area contributed by atoms with Crippen LogP contribution in [0.4, 0.5) is 0 Å². The Hall–Kier alpha value is -1.63. The molecule has 6 heteroatoms. The highest BCUT2D eigenvalue weighted by atomic mass is 16.5. The normalized spacial score (nSPS) is 18.0. The van der Waals surface area contributed by atoms with Crippen LogP contribution in [-0.2, 0) is 16.1 Å². The molecule has 1 aromatic rings. The minimum absolute atomic E-state index is 0.0197. The number of nitrogens with zero attached hydrogens (tertiary/aromatic N) is 1. The van der Waals surface area contributed by atoms with E-state index in [2.05, 4.69) is 29.6 Å². The summed E-state index contributed by atoms with van der Waals surface area (Å²) in [6.07, 6.45) is 1.00. The van der Waals surface area contributed by atoms with E-state index in [9.17, 15) is 4.79 Å². The van der Waals surface area contributed by atoms with Gasteiger partial charge in [-0.1, -0.05) is 12.1 Å². The number of amides is 1. The summed E-state index contributed by atoms with van der Waals surface area (Å²) >= 11 is 0. The van der Waals surface area contributed by atoms with Crippen LogP contribution in [0.15, 0.2) is 24.3 Å². The third-order valence-electron chi connectivity index (χ3n) is 3.65. The van der Waals surface area contributed by atoms with E-state index < -0.39 is 0 Å². The smallest absolute Gasteiger partial charge is 0.239 e. The van der Waals surface area contributed by atoms with Crippen LogP contribution in [0.1, 0.15) is 12.0 Å². The molecule has 0 aliphatic carbocycles. The van der Waals surface area contributed by atoms with E-state index in [1.54, 1.807) is 0 Å². The summed E-state index contributed by atoms with van der Waals surface area (Å²) in [6, 6.07) is 7.60. The second kappa shape index (κ2) is 9.50. The van der Waals surface area contributed by atoms with Crippen molar-refractivity contribution < 1.29 is 14.3 Å². The zero-order valence-corrected chi connectivity index (χ0v) is 14.0. The summed E-state index contributed by atoms with van der Waals surface area (Å²) in [6.45, 7) is 4.06. The quantitative estimate of drug-likeness (QED) is 0.688. The zero-order chi connectivity index (χ0) is 16.5. The molecule has 1 aliphatic heterocycles. The van der Waals surface area contributed by atoms with Gasteiger partial charge in [-0.15, -0.1) is 0 Å². The van der Waals surface area contributed by atoms with Crippen molar-refractivity contribution >= 4 is 5.91 Å². The number of rotatable bonds is 8. The molecule has 0 radical (unpaired) electrons. The Morgan fingerprint density at radius 2 is 2.17 bits per heavy atom. The van der Waals surface area contributed by atoms with Crippen LogP contribution in [0.25, 0.3) is 0 Å². The first-order chi connectivity index (χ1) is 11.1. The molecule has 0 bridgehead atoms. The first-order valence-corrected chi connectivity index (χ1v) is 8.10. The second-order valence-electron chi connectivity index (χ2n) is 5.95. The molecule has 128 valence electrons. The standard InChI is InChI=1S/C17H27N3O3/c1-20(2)9-3-10-23-15-6-4-14(5-7-15)12-19-17(21)16-13-22-11-8-18-16/h4-7,16,18H,3,8-13H2,1-2H3,(H,19,21). The molecule has 1 aromatic carbocycles. The number of hydrogen-bond donors (Lipinski definition) is 2. The Labute approximate surface area is 138 Å². The van der Waals surface area contributed by atoms with Crippen molar-refractivity contribution in [3.8, 4) is 5.75 Å². The summed E-state index contributed by atoms with van der Waals surface area (Å²) in [4.78, 5) is 14.1. The summed E-state index contributed by atoms with van der Waals surface area (Å²) < 4.78 is 11.0. The molecule has 6 nitrogen and oxygen atoms in total. The molecule has 1 atom stereocenters. The molecule has 0 aromatic heterocycles. The molecule has 1 fully saturated rings. The maximum Gasteiger partial charge on any atom is 0.239 e. The fraction of sp³-hybridized carbons (Fsp3) is 0.588. The number of hydrogen-bond acceptors (Lipinski definition) is 5. The van der Waals surface area contributed by atoms with Gasteiger partial charge in [0.1, 0.15) is 11.8 Å². The highest BCUT2D eigenvalue weighted by molar-refractivity contribution is 5.81. The molecule has 0 saturated carbocycles. The van der Waals surface area contributed by atoms with Gasteiger partial charge < -0.3 is 25.0 Å². The van der Waals surface area contributed by atoms with Crippen molar-refractivity contribution in [1.82, 2.24) is 15.5 Å². The summed E-state index contributed by atoms with van der Waals surface area (Å²) in [5.41, 5.74) is 1.05. The lowest BCUT2D eigenvalue weighted by Gasteiger charge is -2.22. The number of ether oxygens (including phenoxy) is 2. The lowest BCUT2D eigenvalue weighted by atomic mass is 10.2. The van der Waals surface area contributed by atoms with Gasteiger partial charge in [0.05, 0.1) is 19.8 Å². The van der Waals surface area contributed by atoms with Gasteiger partial charge in [0, 0.05) is 19.6 Å². The van der Waals surface area contributed by atoms with Crippen LogP contribution in [0, 0.1) is 0 Å². The van der Waals surface area contributed by atoms with Gasteiger partial charge in [-0.05, 0) is 38.2 Å². The lowest BCUT2D eigenvalue weighted by Crippen LogP contribution is -2.51. The molecule has 1 saturated heterocycles. The highest BCUT2D eigenvalue weighted by Gasteiger charge is 2.20. The van der Waals surface area contributed by atoms with Crippen molar-refractivity contribution in [2.75, 3.05) is 47.0 Å². The fourth-order valence-electron chi connectivity index (χ4n) is 2.32. The Morgan fingerprint density at radius 3 is 2.83 bits per heavy atom. The van der Waals surface area contributed by atoms with E-state index in [-0.39, 0.29) is 11.9 Å². The number of carbonyl (C=O) groups is 1. The lowest BCUT2D eigenvalue weighted by molar-refractivity contribution is -0.126. The van der Waals surface area contributed by atoms with Crippen LogP contribution in [0.2, 0.25) is 0 Å². The molecule has 2 rings (SSSR count). The summed E-state index contributed by atoms with van der Waals surface area (Å²) in [5, 5.41) is 6.07. The van der Waals surface area contributed by atoms with Gasteiger partial charge in [-0.3, -0.25) is 4.79 Å². The Balaban J connectivity index is 1.68. The van der Waals surface area contributed by atoms with Crippen LogP contribution >= 0.6 is 0 Å². The average molecular weight is 321 g/mol. The molecule has 23 heavy (non-hydrogen) atoms. The topological polar surface area (TPSA) is 62.8 Å². The van der Waals surface area contributed by atoms with Crippen molar-refractivity contribution in [3.63, 3.8) is 0 Å². The molecular weight excluding hydrogens is 294 g/mol. The molecule has 1 aliphatic rings. The van der Waals surface area contributed by atoms with E-state index in [0.29, 0.717) is 26.4 Å². The maximum atomic E-state index is 12.0. The van der Waals surface area contributed by atoms with Crippen LogP contribution in [0.5, 0.6) is 5.75 Å². The molecule has 1 unspecified atom stereocenters. The highest BCUT2D eigenvalue weighted by Crippen LogP contribution is 2.12. The number of morpholine rings is 1. The van der Waals surface area contributed by atoms with Gasteiger partial charge in [-0.2, -0.15) is 0 Å². The van der Waals surface area contributed by atoms with Gasteiger partial charge in [-0.25, -0.2) is 0 Å². The van der Waals surface area contributed by atoms with Crippen molar-refractivity contribution in [1.29, 1.82) is 0 Å². The van der Waals surface area contributed by atoms with Crippen LogP contribution < -0.4 is 15.4 Å². The monoisotopic (exact) mass is 321 g/mol. The number of benzene rings is 1. The van der Waals surface area contributed by atoms with E-state index >= 15 is 0 Å². The number of nitrogens with one attached hydrogen (secondary N) is 2. The minimum Gasteiger partial charge on any atom is -0.494 e. The molecular formula is C17H27N3O3. The molecule has 0 spiro atoms.